The highest BCUT2D eigenvalue weighted by Crippen LogP contribution is 2.22. The summed E-state index contributed by atoms with van der Waals surface area (Å²) in [7, 11) is 0. The summed E-state index contributed by atoms with van der Waals surface area (Å²) < 4.78 is 27.3. The van der Waals surface area contributed by atoms with Gasteiger partial charge < -0.3 is 10.4 Å². The van der Waals surface area contributed by atoms with E-state index in [1.807, 2.05) is 13.8 Å². The molecule has 1 atom stereocenters. The number of hydrogen-bond donors (Lipinski definition) is 2. The lowest BCUT2D eigenvalue weighted by atomic mass is 9.96. The van der Waals surface area contributed by atoms with Crippen LogP contribution in [0.3, 0.4) is 0 Å². The molecule has 0 aliphatic heterocycles. The molecule has 1 aromatic rings. The van der Waals surface area contributed by atoms with Crippen molar-refractivity contribution >= 4 is 0 Å². The largest absolute Gasteiger partial charge is 0.389 e. The number of halogens is 2. The van der Waals surface area contributed by atoms with E-state index in [0.29, 0.717) is 24.9 Å². The fourth-order valence-corrected chi connectivity index (χ4v) is 1.95. The van der Waals surface area contributed by atoms with Crippen LogP contribution in [0.25, 0.3) is 0 Å². The molecule has 0 spiro atoms. The molecule has 2 N–H and O–H groups in total. The average Bonchev–Trinajstić information content (AvgIpc) is 2.39. The molecule has 2 nitrogen and oxygen atoms in total. The van der Waals surface area contributed by atoms with Gasteiger partial charge in [0.25, 0.3) is 0 Å². The van der Waals surface area contributed by atoms with Gasteiger partial charge in [0, 0.05) is 18.2 Å². The fraction of sp³-hybridized carbons (Fsp3) is 0.600. The maximum Gasteiger partial charge on any atom is 0.128 e. The number of hydrogen-bond acceptors (Lipinski definition) is 2. The van der Waals surface area contributed by atoms with Gasteiger partial charge in [-0.05, 0) is 44.4 Å². The molecule has 0 radical (unpaired) electrons. The second-order valence-electron chi connectivity index (χ2n) is 5.16. The first-order valence-electron chi connectivity index (χ1n) is 6.74. The van der Waals surface area contributed by atoms with Crippen LogP contribution >= 0.6 is 0 Å². The molecule has 0 aliphatic rings. The lowest BCUT2D eigenvalue weighted by molar-refractivity contribution is 0.0302. The van der Waals surface area contributed by atoms with Crippen molar-refractivity contribution in [3.8, 4) is 0 Å². The van der Waals surface area contributed by atoms with Gasteiger partial charge in [-0.25, -0.2) is 8.78 Å². The van der Waals surface area contributed by atoms with E-state index < -0.39 is 17.2 Å². The summed E-state index contributed by atoms with van der Waals surface area (Å²) in [5.41, 5.74) is -0.210. The highest BCUT2D eigenvalue weighted by atomic mass is 19.1. The first-order chi connectivity index (χ1) is 8.83. The zero-order valence-corrected chi connectivity index (χ0v) is 12.1. The Morgan fingerprint density at radius 3 is 2.32 bits per heavy atom. The van der Waals surface area contributed by atoms with Crippen molar-refractivity contribution in [3.63, 3.8) is 0 Å². The summed E-state index contributed by atoms with van der Waals surface area (Å²) in [6, 6.07) is 2.08. The molecule has 0 amide bonds. The molecule has 0 bridgehead atoms. The summed E-state index contributed by atoms with van der Waals surface area (Å²) in [5, 5.41) is 13.2. The number of benzene rings is 1. The van der Waals surface area contributed by atoms with Crippen LogP contribution in [0.1, 0.15) is 50.8 Å². The highest BCUT2D eigenvalue weighted by molar-refractivity contribution is 5.27. The van der Waals surface area contributed by atoms with Gasteiger partial charge >= 0.3 is 0 Å². The number of rotatable bonds is 6. The molecule has 1 aromatic carbocycles. The predicted octanol–water partition coefficient (Wildman–Crippen LogP) is 3.47. The quantitative estimate of drug-likeness (QED) is 0.830. The van der Waals surface area contributed by atoms with E-state index in [1.54, 1.807) is 6.92 Å². The number of nitrogens with one attached hydrogen (secondary N) is 1. The third kappa shape index (κ3) is 3.98. The Balaban J connectivity index is 2.79. The first kappa shape index (κ1) is 16.1. The Labute approximate surface area is 113 Å². The third-order valence-electron chi connectivity index (χ3n) is 3.80. The maximum absolute atomic E-state index is 13.8. The van der Waals surface area contributed by atoms with Crippen LogP contribution in [0.5, 0.6) is 0 Å². The molecule has 108 valence electrons. The van der Waals surface area contributed by atoms with Crippen molar-refractivity contribution in [1.82, 2.24) is 5.32 Å². The molecular weight excluding hydrogens is 248 g/mol. The predicted molar refractivity (Wildman–Crippen MR) is 73.0 cm³/mol. The van der Waals surface area contributed by atoms with Crippen molar-refractivity contribution in [2.45, 2.75) is 52.2 Å². The van der Waals surface area contributed by atoms with Crippen LogP contribution in [0.15, 0.2) is 12.1 Å². The van der Waals surface area contributed by atoms with E-state index in [9.17, 15) is 13.9 Å². The van der Waals surface area contributed by atoms with Crippen molar-refractivity contribution in [2.24, 2.45) is 0 Å². The van der Waals surface area contributed by atoms with Crippen LogP contribution in [-0.4, -0.2) is 17.3 Å². The van der Waals surface area contributed by atoms with Gasteiger partial charge in [-0.2, -0.15) is 0 Å². The van der Waals surface area contributed by atoms with E-state index in [2.05, 4.69) is 5.32 Å². The van der Waals surface area contributed by atoms with Gasteiger partial charge in [0.1, 0.15) is 11.6 Å². The van der Waals surface area contributed by atoms with Crippen molar-refractivity contribution in [2.75, 3.05) is 6.54 Å². The van der Waals surface area contributed by atoms with Crippen molar-refractivity contribution < 1.29 is 13.9 Å². The van der Waals surface area contributed by atoms with Gasteiger partial charge in [0.2, 0.25) is 0 Å². The van der Waals surface area contributed by atoms with Gasteiger partial charge in [0.05, 0.1) is 5.60 Å². The van der Waals surface area contributed by atoms with Gasteiger partial charge in [0.15, 0.2) is 0 Å². The molecule has 1 unspecified atom stereocenters. The molecule has 19 heavy (non-hydrogen) atoms. The van der Waals surface area contributed by atoms with Gasteiger partial charge in [-0.15, -0.1) is 0 Å². The maximum atomic E-state index is 13.8. The minimum absolute atomic E-state index is 0.289. The van der Waals surface area contributed by atoms with E-state index in [1.165, 1.54) is 19.1 Å². The summed E-state index contributed by atoms with van der Waals surface area (Å²) in [6.45, 7) is 7.46. The highest BCUT2D eigenvalue weighted by Gasteiger charge is 2.23. The average molecular weight is 271 g/mol. The molecule has 1 rings (SSSR count). The minimum Gasteiger partial charge on any atom is -0.389 e. The Morgan fingerprint density at radius 1 is 1.21 bits per heavy atom. The summed E-state index contributed by atoms with van der Waals surface area (Å²) in [4.78, 5) is 0. The second-order valence-corrected chi connectivity index (χ2v) is 5.16. The summed E-state index contributed by atoms with van der Waals surface area (Å²) in [6.07, 6.45) is 1.24. The second kappa shape index (κ2) is 6.44. The summed E-state index contributed by atoms with van der Waals surface area (Å²) >= 11 is 0. The molecule has 4 heteroatoms. The number of aliphatic hydroxyl groups is 1. The minimum atomic E-state index is -0.798. The molecule has 0 saturated carbocycles. The van der Waals surface area contributed by atoms with E-state index in [4.69, 9.17) is 0 Å². The molecular formula is C15H23F2NO. The zero-order chi connectivity index (χ0) is 14.6. The molecule has 0 heterocycles. The van der Waals surface area contributed by atoms with Crippen LogP contribution in [0.4, 0.5) is 8.78 Å². The van der Waals surface area contributed by atoms with Crippen molar-refractivity contribution in [3.05, 3.63) is 34.9 Å². The van der Waals surface area contributed by atoms with E-state index >= 15 is 0 Å². The standard InChI is InChI=1S/C15H23F2NO/c1-5-15(19,6-2)9-18-11(4)12-8-13(16)10(3)7-14(12)17/h7-8,11,18-19H,5-6,9H2,1-4H3. The van der Waals surface area contributed by atoms with Crippen molar-refractivity contribution in [1.29, 1.82) is 0 Å². The lowest BCUT2D eigenvalue weighted by Gasteiger charge is -2.28. The van der Waals surface area contributed by atoms with Crippen LogP contribution in [0.2, 0.25) is 0 Å². The smallest absolute Gasteiger partial charge is 0.128 e. The summed E-state index contributed by atoms with van der Waals surface area (Å²) in [5.74, 6) is -0.832. The van der Waals surface area contributed by atoms with E-state index in [0.717, 1.165) is 0 Å². The SMILES string of the molecule is CCC(O)(CC)CNC(C)c1cc(F)c(C)cc1F. The Morgan fingerprint density at radius 2 is 1.79 bits per heavy atom. The van der Waals surface area contributed by atoms with E-state index in [-0.39, 0.29) is 11.6 Å². The Kier molecular flexibility index (Phi) is 5.44. The molecule has 0 aromatic heterocycles. The molecule has 0 fully saturated rings. The van der Waals surface area contributed by atoms with Crippen LogP contribution in [-0.2, 0) is 0 Å². The fourth-order valence-electron chi connectivity index (χ4n) is 1.95. The van der Waals surface area contributed by atoms with Gasteiger partial charge in [-0.1, -0.05) is 13.8 Å². The van der Waals surface area contributed by atoms with Crippen LogP contribution in [0, 0.1) is 18.6 Å². The Bertz CT molecular complexity index is 430. The molecule has 0 saturated heterocycles. The zero-order valence-electron chi connectivity index (χ0n) is 12.1. The topological polar surface area (TPSA) is 32.3 Å². The van der Waals surface area contributed by atoms with Crippen LogP contribution < -0.4 is 5.32 Å². The number of aryl methyl sites for hydroxylation is 1. The molecule has 0 aliphatic carbocycles. The van der Waals surface area contributed by atoms with Gasteiger partial charge in [-0.3, -0.25) is 0 Å². The normalized spacial score (nSPS) is 13.6. The third-order valence-corrected chi connectivity index (χ3v) is 3.80. The lowest BCUT2D eigenvalue weighted by Crippen LogP contribution is -2.40. The monoisotopic (exact) mass is 271 g/mol. The first-order valence-corrected chi connectivity index (χ1v) is 6.74. The Hall–Kier alpha value is -1.00.